The zero-order chi connectivity index (χ0) is 37.3. The predicted molar refractivity (Wildman–Crippen MR) is 229 cm³/mol. The molecule has 0 spiro atoms. The van der Waals surface area contributed by atoms with Crippen LogP contribution in [0.25, 0.3) is 78.4 Å². The second-order valence-electron chi connectivity index (χ2n) is 13.7. The summed E-state index contributed by atoms with van der Waals surface area (Å²) in [5.41, 5.74) is 12.2. The van der Waals surface area contributed by atoms with Gasteiger partial charge in [0.2, 0.25) is 0 Å². The van der Waals surface area contributed by atoms with Crippen LogP contribution in [0.4, 0.5) is 17.1 Å². The quantitative estimate of drug-likeness (QED) is 0.157. The summed E-state index contributed by atoms with van der Waals surface area (Å²) < 4.78 is 6.56. The molecule has 5 heteroatoms. The van der Waals surface area contributed by atoms with Gasteiger partial charge in [-0.1, -0.05) is 152 Å². The smallest absolute Gasteiger partial charge is 0.164 e. The fourth-order valence-corrected chi connectivity index (χ4v) is 7.37. The maximum absolute atomic E-state index is 6.56. The number of nitrogens with zero attached hydrogens (tertiary/aromatic N) is 4. The topological polar surface area (TPSA) is 55.1 Å². The second-order valence-corrected chi connectivity index (χ2v) is 13.7. The Bertz CT molecular complexity index is 2890. The Morgan fingerprint density at radius 2 is 0.750 bits per heavy atom. The Kier molecular flexibility index (Phi) is 8.43. The van der Waals surface area contributed by atoms with Crippen molar-refractivity contribution < 1.29 is 4.42 Å². The summed E-state index contributed by atoms with van der Waals surface area (Å²) in [4.78, 5) is 17.0. The molecule has 2 heterocycles. The van der Waals surface area contributed by atoms with E-state index in [1.165, 1.54) is 11.1 Å². The minimum absolute atomic E-state index is 0.594. The zero-order valence-electron chi connectivity index (χ0n) is 30.3. The molecule has 0 saturated carbocycles. The van der Waals surface area contributed by atoms with Crippen molar-refractivity contribution >= 4 is 39.0 Å². The number of fused-ring (bicyclic) bond motifs is 3. The first-order valence-corrected chi connectivity index (χ1v) is 18.7. The number of rotatable bonds is 8. The van der Waals surface area contributed by atoms with Crippen molar-refractivity contribution in [1.82, 2.24) is 15.0 Å². The van der Waals surface area contributed by atoms with Crippen molar-refractivity contribution in [2.75, 3.05) is 4.90 Å². The molecule has 0 aliphatic heterocycles. The molecule has 0 aliphatic rings. The molecular formula is C51H34N4O. The fourth-order valence-electron chi connectivity index (χ4n) is 7.37. The molecule has 2 aromatic heterocycles. The van der Waals surface area contributed by atoms with Gasteiger partial charge in [0.1, 0.15) is 11.2 Å². The van der Waals surface area contributed by atoms with E-state index in [1.54, 1.807) is 0 Å². The molecule has 10 rings (SSSR count). The molecule has 8 aromatic carbocycles. The zero-order valence-corrected chi connectivity index (χ0v) is 30.3. The standard InChI is InChI=1S/C51H34N4O/c1-5-15-36(16-6-1)43-23-13-14-24-46(43)55(41-21-11-4-12-22-41)42-29-25-35(26-30-42)39-27-31-44-45-32-28-40(34-48(45)56-47(44)33-39)51-53-49(37-17-7-2-8-18-37)52-50(54-51)38-19-9-3-10-20-38/h1-34H. The Morgan fingerprint density at radius 1 is 0.321 bits per heavy atom. The number of para-hydroxylation sites is 2. The lowest BCUT2D eigenvalue weighted by atomic mass is 10.0. The number of anilines is 3. The van der Waals surface area contributed by atoms with Crippen LogP contribution < -0.4 is 4.90 Å². The lowest BCUT2D eigenvalue weighted by molar-refractivity contribution is 0.669. The van der Waals surface area contributed by atoms with Crippen LogP contribution in [-0.2, 0) is 0 Å². The summed E-state index contributed by atoms with van der Waals surface area (Å²) in [5.74, 6) is 1.85. The summed E-state index contributed by atoms with van der Waals surface area (Å²) in [6.07, 6.45) is 0. The van der Waals surface area contributed by atoms with Gasteiger partial charge in [-0.25, -0.2) is 15.0 Å². The first kappa shape index (κ1) is 33.0. The molecule has 10 aromatic rings. The normalized spacial score (nSPS) is 11.2. The molecule has 0 radical (unpaired) electrons. The minimum atomic E-state index is 0.594. The molecule has 0 atom stereocenters. The first-order valence-electron chi connectivity index (χ1n) is 18.7. The van der Waals surface area contributed by atoms with Crippen molar-refractivity contribution in [2.24, 2.45) is 0 Å². The highest BCUT2D eigenvalue weighted by molar-refractivity contribution is 6.07. The van der Waals surface area contributed by atoms with Gasteiger partial charge < -0.3 is 9.32 Å². The maximum Gasteiger partial charge on any atom is 0.164 e. The summed E-state index contributed by atoms with van der Waals surface area (Å²) >= 11 is 0. The van der Waals surface area contributed by atoms with Crippen molar-refractivity contribution in [3.63, 3.8) is 0 Å². The Balaban J connectivity index is 1.00. The van der Waals surface area contributed by atoms with Crippen molar-refractivity contribution in [2.45, 2.75) is 0 Å². The van der Waals surface area contributed by atoms with E-state index < -0.39 is 0 Å². The third-order valence-electron chi connectivity index (χ3n) is 10.1. The number of furan rings is 1. The molecule has 0 bridgehead atoms. The van der Waals surface area contributed by atoms with Gasteiger partial charge in [0, 0.05) is 44.4 Å². The third-order valence-corrected chi connectivity index (χ3v) is 10.1. The molecule has 0 aliphatic carbocycles. The average Bonchev–Trinajstić information content (AvgIpc) is 3.65. The second kappa shape index (κ2) is 14.3. The highest BCUT2D eigenvalue weighted by Crippen LogP contribution is 2.41. The molecule has 0 unspecified atom stereocenters. The van der Waals surface area contributed by atoms with E-state index in [9.17, 15) is 0 Å². The maximum atomic E-state index is 6.56. The lowest BCUT2D eigenvalue weighted by Crippen LogP contribution is -2.11. The lowest BCUT2D eigenvalue weighted by Gasteiger charge is -2.28. The molecule has 56 heavy (non-hydrogen) atoms. The Hall–Kier alpha value is -7.63. The number of aromatic nitrogens is 3. The summed E-state index contributed by atoms with van der Waals surface area (Å²) in [5, 5.41) is 2.10. The summed E-state index contributed by atoms with van der Waals surface area (Å²) in [6, 6.07) is 71.1. The van der Waals surface area contributed by atoms with Crippen LogP contribution in [0.2, 0.25) is 0 Å². The highest BCUT2D eigenvalue weighted by Gasteiger charge is 2.18. The van der Waals surface area contributed by atoms with Crippen LogP contribution >= 0.6 is 0 Å². The number of hydrogen-bond acceptors (Lipinski definition) is 5. The van der Waals surface area contributed by atoms with Crippen LogP contribution in [0, 0.1) is 0 Å². The molecule has 0 saturated heterocycles. The van der Waals surface area contributed by atoms with Crippen LogP contribution in [0.15, 0.2) is 211 Å². The highest BCUT2D eigenvalue weighted by atomic mass is 16.3. The minimum Gasteiger partial charge on any atom is -0.456 e. The summed E-state index contributed by atoms with van der Waals surface area (Å²) in [6.45, 7) is 0. The van der Waals surface area contributed by atoms with E-state index in [-0.39, 0.29) is 0 Å². The van der Waals surface area contributed by atoms with Gasteiger partial charge in [-0.05, 0) is 71.3 Å². The first-order chi connectivity index (χ1) is 27.7. The molecule has 0 amide bonds. The average molecular weight is 719 g/mol. The van der Waals surface area contributed by atoms with Gasteiger partial charge >= 0.3 is 0 Å². The predicted octanol–water partition coefficient (Wildman–Crippen LogP) is 13.6. The van der Waals surface area contributed by atoms with E-state index in [1.807, 2.05) is 66.7 Å². The Labute approximate surface area is 324 Å². The Morgan fingerprint density at radius 3 is 1.34 bits per heavy atom. The number of hydrogen-bond donors (Lipinski definition) is 0. The van der Waals surface area contributed by atoms with E-state index in [4.69, 9.17) is 19.4 Å². The van der Waals surface area contributed by atoms with Gasteiger partial charge in [-0.15, -0.1) is 0 Å². The van der Waals surface area contributed by atoms with Crippen LogP contribution in [-0.4, -0.2) is 15.0 Å². The number of benzene rings is 8. The molecular weight excluding hydrogens is 685 g/mol. The van der Waals surface area contributed by atoms with Crippen molar-refractivity contribution in [1.29, 1.82) is 0 Å². The molecule has 5 nitrogen and oxygen atoms in total. The van der Waals surface area contributed by atoms with Gasteiger partial charge in [-0.2, -0.15) is 0 Å². The monoisotopic (exact) mass is 718 g/mol. The summed E-state index contributed by atoms with van der Waals surface area (Å²) in [7, 11) is 0. The van der Waals surface area contributed by atoms with E-state index in [0.29, 0.717) is 17.5 Å². The SMILES string of the molecule is c1ccc(-c2nc(-c3ccccc3)nc(-c3ccc4c(c3)oc3cc(-c5ccc(N(c6ccccc6)c6ccccc6-c6ccccc6)cc5)ccc34)n2)cc1. The molecule has 0 N–H and O–H groups in total. The van der Waals surface area contributed by atoms with Crippen LogP contribution in [0.3, 0.4) is 0 Å². The van der Waals surface area contributed by atoms with Gasteiger partial charge in [0.25, 0.3) is 0 Å². The van der Waals surface area contributed by atoms with Gasteiger partial charge in [0.15, 0.2) is 17.5 Å². The van der Waals surface area contributed by atoms with Crippen molar-refractivity contribution in [3.8, 4) is 56.4 Å². The van der Waals surface area contributed by atoms with Crippen LogP contribution in [0.1, 0.15) is 0 Å². The van der Waals surface area contributed by atoms with E-state index in [2.05, 4.69) is 144 Å². The molecule has 0 fully saturated rings. The van der Waals surface area contributed by atoms with Crippen LogP contribution in [0.5, 0.6) is 0 Å². The van der Waals surface area contributed by atoms with E-state index in [0.717, 1.165) is 66.8 Å². The van der Waals surface area contributed by atoms with E-state index >= 15 is 0 Å². The largest absolute Gasteiger partial charge is 0.456 e. The third kappa shape index (κ3) is 6.27. The molecule has 264 valence electrons. The van der Waals surface area contributed by atoms with Crippen molar-refractivity contribution in [3.05, 3.63) is 206 Å². The van der Waals surface area contributed by atoms with Gasteiger partial charge in [-0.3, -0.25) is 0 Å². The van der Waals surface area contributed by atoms with Gasteiger partial charge in [0.05, 0.1) is 5.69 Å². The fraction of sp³-hybridized carbons (Fsp3) is 0.